The maximum Gasteiger partial charge on any atom is 0.416 e. The van der Waals surface area contributed by atoms with E-state index in [1.165, 1.54) is 6.33 Å². The predicted molar refractivity (Wildman–Crippen MR) is 81.7 cm³/mol. The molecule has 0 radical (unpaired) electrons. The summed E-state index contributed by atoms with van der Waals surface area (Å²) in [6.07, 6.45) is -1.85. The van der Waals surface area contributed by atoms with Gasteiger partial charge in [0.2, 0.25) is 0 Å². The van der Waals surface area contributed by atoms with E-state index in [4.69, 9.17) is 0 Å². The van der Waals surface area contributed by atoms with Gasteiger partial charge >= 0.3 is 6.18 Å². The highest BCUT2D eigenvalue weighted by atomic mass is 19.4. The fourth-order valence-electron chi connectivity index (χ4n) is 2.14. The maximum atomic E-state index is 12.6. The lowest BCUT2D eigenvalue weighted by Crippen LogP contribution is -2.17. The van der Waals surface area contributed by atoms with E-state index in [0.717, 1.165) is 24.0 Å². The van der Waals surface area contributed by atoms with E-state index >= 15 is 0 Å². The van der Waals surface area contributed by atoms with Crippen LogP contribution in [0, 0.1) is 6.92 Å². The molecule has 0 aliphatic heterocycles. The number of aryl methyl sites for hydroxylation is 1. The van der Waals surface area contributed by atoms with Crippen LogP contribution in [0.15, 0.2) is 30.7 Å². The molecule has 3 aromatic heterocycles. The number of pyridine rings is 1. The van der Waals surface area contributed by atoms with Crippen molar-refractivity contribution in [3.8, 4) is 0 Å². The molecule has 3 heterocycles. The molecule has 126 valence electrons. The number of rotatable bonds is 5. The van der Waals surface area contributed by atoms with Crippen LogP contribution in [0.2, 0.25) is 0 Å². The number of nitrogens with zero attached hydrogens (tertiary/aromatic N) is 5. The quantitative estimate of drug-likeness (QED) is 0.696. The highest BCUT2D eigenvalue weighted by Gasteiger charge is 2.30. The Morgan fingerprint density at radius 3 is 2.71 bits per heavy atom. The number of hydrogen-bond acceptors (Lipinski definition) is 6. The van der Waals surface area contributed by atoms with Gasteiger partial charge in [-0.3, -0.25) is 0 Å². The molecule has 7 nitrogen and oxygen atoms in total. The fraction of sp³-hybridized carbons (Fsp3) is 0.286. The first-order valence-electron chi connectivity index (χ1n) is 7.12. The first kappa shape index (κ1) is 16.0. The lowest BCUT2D eigenvalue weighted by Gasteiger charge is -2.11. The third-order valence-corrected chi connectivity index (χ3v) is 3.20. The van der Waals surface area contributed by atoms with E-state index in [1.54, 1.807) is 4.52 Å². The largest absolute Gasteiger partial charge is 0.416 e. The second kappa shape index (κ2) is 6.30. The summed E-state index contributed by atoms with van der Waals surface area (Å²) in [5.41, 5.74) is 0.0487. The van der Waals surface area contributed by atoms with Crippen LogP contribution < -0.4 is 10.6 Å². The summed E-state index contributed by atoms with van der Waals surface area (Å²) in [7, 11) is 0. The first-order valence-corrected chi connectivity index (χ1v) is 7.12. The molecule has 0 aliphatic rings. The SMILES string of the molecule is Cc1cc(NCCNc2cc(C(F)(F)F)ccn2)n2ncnc2n1. The van der Waals surface area contributed by atoms with Crippen molar-refractivity contribution in [2.45, 2.75) is 13.1 Å². The van der Waals surface area contributed by atoms with Crippen LogP contribution in [0.5, 0.6) is 0 Å². The molecule has 0 aromatic carbocycles. The molecule has 10 heteroatoms. The Bertz CT molecular complexity index is 844. The second-order valence-electron chi connectivity index (χ2n) is 5.04. The van der Waals surface area contributed by atoms with Gasteiger partial charge in [-0.2, -0.15) is 27.8 Å². The topological polar surface area (TPSA) is 80.0 Å². The van der Waals surface area contributed by atoms with E-state index < -0.39 is 11.7 Å². The minimum Gasteiger partial charge on any atom is -0.368 e. The lowest BCUT2D eigenvalue weighted by atomic mass is 10.2. The standard InChI is InChI=1S/C14H14F3N7/c1-9-6-12(24-13(23-9)21-8-22-24)20-5-4-19-11-7-10(2-3-18-11)14(15,16)17/h2-3,6-8,20H,4-5H2,1H3,(H,18,19). The molecule has 0 saturated heterocycles. The van der Waals surface area contributed by atoms with Gasteiger partial charge in [0, 0.05) is 31.0 Å². The number of nitrogens with one attached hydrogen (secondary N) is 2. The van der Waals surface area contributed by atoms with Crippen LogP contribution in [0.3, 0.4) is 0 Å². The van der Waals surface area contributed by atoms with Gasteiger partial charge in [0.25, 0.3) is 5.78 Å². The summed E-state index contributed by atoms with van der Waals surface area (Å²) in [4.78, 5) is 12.1. The zero-order valence-electron chi connectivity index (χ0n) is 12.7. The highest BCUT2D eigenvalue weighted by molar-refractivity contribution is 5.45. The first-order chi connectivity index (χ1) is 11.4. The monoisotopic (exact) mass is 337 g/mol. The molecule has 24 heavy (non-hydrogen) atoms. The van der Waals surface area contributed by atoms with Crippen LogP contribution in [-0.4, -0.2) is 37.7 Å². The van der Waals surface area contributed by atoms with E-state index in [1.807, 2.05) is 13.0 Å². The molecule has 0 aliphatic carbocycles. The van der Waals surface area contributed by atoms with Gasteiger partial charge in [0.1, 0.15) is 18.0 Å². The van der Waals surface area contributed by atoms with Gasteiger partial charge in [-0.25, -0.2) is 9.97 Å². The summed E-state index contributed by atoms with van der Waals surface area (Å²) in [5.74, 6) is 1.35. The zero-order valence-corrected chi connectivity index (χ0v) is 12.7. The van der Waals surface area contributed by atoms with Crippen molar-refractivity contribution in [2.24, 2.45) is 0 Å². The number of aromatic nitrogens is 5. The van der Waals surface area contributed by atoms with Crippen LogP contribution in [0.1, 0.15) is 11.3 Å². The molecule has 3 rings (SSSR count). The molecular formula is C14H14F3N7. The van der Waals surface area contributed by atoms with Crippen LogP contribution in [-0.2, 0) is 6.18 Å². The van der Waals surface area contributed by atoms with Crippen LogP contribution in [0.4, 0.5) is 24.8 Å². The average molecular weight is 337 g/mol. The Labute approximate surface area is 135 Å². The minimum absolute atomic E-state index is 0.170. The molecule has 0 fully saturated rings. The Morgan fingerprint density at radius 2 is 1.92 bits per heavy atom. The lowest BCUT2D eigenvalue weighted by molar-refractivity contribution is -0.137. The minimum atomic E-state index is -4.38. The van der Waals surface area contributed by atoms with Gasteiger partial charge in [-0.1, -0.05) is 0 Å². The number of anilines is 2. The third kappa shape index (κ3) is 3.53. The van der Waals surface area contributed by atoms with Gasteiger partial charge in [0.05, 0.1) is 5.56 Å². The summed E-state index contributed by atoms with van der Waals surface area (Å²) in [6.45, 7) is 2.67. The zero-order chi connectivity index (χ0) is 17.2. The molecule has 0 unspecified atom stereocenters. The van der Waals surface area contributed by atoms with E-state index in [-0.39, 0.29) is 5.82 Å². The van der Waals surface area contributed by atoms with Crippen molar-refractivity contribution in [2.75, 3.05) is 23.7 Å². The van der Waals surface area contributed by atoms with Crippen molar-refractivity contribution in [1.82, 2.24) is 24.6 Å². The third-order valence-electron chi connectivity index (χ3n) is 3.20. The van der Waals surface area contributed by atoms with Gasteiger partial charge in [-0.15, -0.1) is 0 Å². The van der Waals surface area contributed by atoms with Crippen LogP contribution in [0.25, 0.3) is 5.78 Å². The Hall–Kier alpha value is -2.91. The van der Waals surface area contributed by atoms with Crippen molar-refractivity contribution >= 4 is 17.4 Å². The molecule has 0 spiro atoms. The number of alkyl halides is 3. The predicted octanol–water partition coefficient (Wildman–Crippen LogP) is 2.37. The van der Waals surface area contributed by atoms with Gasteiger partial charge < -0.3 is 10.6 Å². The van der Waals surface area contributed by atoms with Gasteiger partial charge in [-0.05, 0) is 19.1 Å². The fourth-order valence-corrected chi connectivity index (χ4v) is 2.14. The number of halogens is 3. The van der Waals surface area contributed by atoms with Gasteiger partial charge in [0.15, 0.2) is 0 Å². The average Bonchev–Trinajstić information content (AvgIpc) is 2.99. The molecule has 0 bridgehead atoms. The van der Waals surface area contributed by atoms with Crippen molar-refractivity contribution in [3.63, 3.8) is 0 Å². The van der Waals surface area contributed by atoms with E-state index in [9.17, 15) is 13.2 Å². The smallest absolute Gasteiger partial charge is 0.368 e. The summed E-state index contributed by atoms with van der Waals surface area (Å²) >= 11 is 0. The second-order valence-corrected chi connectivity index (χ2v) is 5.04. The van der Waals surface area contributed by atoms with Crippen LogP contribution >= 0.6 is 0 Å². The summed E-state index contributed by atoms with van der Waals surface area (Å²) in [5, 5.41) is 10.0. The molecule has 0 amide bonds. The van der Waals surface area contributed by atoms with E-state index in [0.29, 0.717) is 24.7 Å². The maximum absolute atomic E-state index is 12.6. The number of hydrogen-bond donors (Lipinski definition) is 2. The summed E-state index contributed by atoms with van der Waals surface area (Å²) < 4.78 is 39.5. The molecule has 3 aromatic rings. The molecule has 2 N–H and O–H groups in total. The Balaban J connectivity index is 1.60. The van der Waals surface area contributed by atoms with Crippen molar-refractivity contribution < 1.29 is 13.2 Å². The highest BCUT2D eigenvalue weighted by Crippen LogP contribution is 2.29. The summed E-state index contributed by atoms with van der Waals surface area (Å²) in [6, 6.07) is 3.72. The Kier molecular flexibility index (Phi) is 4.19. The van der Waals surface area contributed by atoms with Crippen molar-refractivity contribution in [3.05, 3.63) is 42.0 Å². The Morgan fingerprint density at radius 1 is 1.12 bits per heavy atom. The normalized spacial score (nSPS) is 11.7. The molecular weight excluding hydrogens is 323 g/mol. The molecule has 0 atom stereocenters. The van der Waals surface area contributed by atoms with Crippen molar-refractivity contribution in [1.29, 1.82) is 0 Å². The number of fused-ring (bicyclic) bond motifs is 1. The van der Waals surface area contributed by atoms with E-state index in [2.05, 4.69) is 30.7 Å². The molecule has 0 saturated carbocycles.